The van der Waals surface area contributed by atoms with Gasteiger partial charge in [0.25, 0.3) is 0 Å². The van der Waals surface area contributed by atoms with Crippen molar-refractivity contribution in [1.82, 2.24) is 4.90 Å². The van der Waals surface area contributed by atoms with Crippen molar-refractivity contribution in [2.24, 2.45) is 11.7 Å². The lowest BCUT2D eigenvalue weighted by atomic mass is 10.1. The summed E-state index contributed by atoms with van der Waals surface area (Å²) in [5.74, 6) is 1.82. The minimum Gasteiger partial charge on any atom is -0.486 e. The number of amides is 1. The van der Waals surface area contributed by atoms with Gasteiger partial charge in [-0.25, -0.2) is 0 Å². The minimum absolute atomic E-state index is 0.0854. The molecule has 2 atom stereocenters. The Kier molecular flexibility index (Phi) is 4.01. The van der Waals surface area contributed by atoms with Crippen LogP contribution in [0, 0.1) is 5.92 Å². The standard InChI is InChI=1S/C16H22N2O3/c1-18(16(19)12-3-4-13(17)9-12)10-11-2-5-14-15(8-11)21-7-6-20-14/h2,5,8,12-13H,3-4,6-7,9-10,17H2,1H3. The molecule has 5 nitrogen and oxygen atoms in total. The van der Waals surface area contributed by atoms with Crippen molar-refractivity contribution < 1.29 is 14.3 Å². The fourth-order valence-corrected chi connectivity index (χ4v) is 3.09. The molecule has 1 fully saturated rings. The van der Waals surface area contributed by atoms with E-state index in [4.69, 9.17) is 15.2 Å². The van der Waals surface area contributed by atoms with E-state index in [1.54, 1.807) is 4.90 Å². The van der Waals surface area contributed by atoms with E-state index < -0.39 is 0 Å². The molecule has 0 spiro atoms. The highest BCUT2D eigenvalue weighted by atomic mass is 16.6. The summed E-state index contributed by atoms with van der Waals surface area (Å²) in [6.45, 7) is 1.75. The number of nitrogens with zero attached hydrogens (tertiary/aromatic N) is 1. The number of rotatable bonds is 3. The lowest BCUT2D eigenvalue weighted by Crippen LogP contribution is -2.32. The highest BCUT2D eigenvalue weighted by Gasteiger charge is 2.29. The van der Waals surface area contributed by atoms with Gasteiger partial charge < -0.3 is 20.1 Å². The van der Waals surface area contributed by atoms with Crippen molar-refractivity contribution in [3.63, 3.8) is 0 Å². The van der Waals surface area contributed by atoms with Gasteiger partial charge in [-0.3, -0.25) is 4.79 Å². The van der Waals surface area contributed by atoms with Gasteiger partial charge in [-0.15, -0.1) is 0 Å². The number of benzene rings is 1. The van der Waals surface area contributed by atoms with E-state index in [2.05, 4.69) is 0 Å². The molecule has 2 N–H and O–H groups in total. The Balaban J connectivity index is 1.64. The number of hydrogen-bond acceptors (Lipinski definition) is 4. The normalized spacial score (nSPS) is 23.9. The zero-order valence-corrected chi connectivity index (χ0v) is 12.4. The average Bonchev–Trinajstić information content (AvgIpc) is 2.93. The number of fused-ring (bicyclic) bond motifs is 1. The fourth-order valence-electron chi connectivity index (χ4n) is 3.09. The van der Waals surface area contributed by atoms with Crippen LogP contribution in [-0.4, -0.2) is 37.1 Å². The van der Waals surface area contributed by atoms with Crippen molar-refractivity contribution in [2.45, 2.75) is 31.8 Å². The predicted octanol–water partition coefficient (Wildman–Crippen LogP) is 1.54. The highest BCUT2D eigenvalue weighted by Crippen LogP contribution is 2.31. The lowest BCUT2D eigenvalue weighted by molar-refractivity contribution is -0.134. The third kappa shape index (κ3) is 3.13. The van der Waals surface area contributed by atoms with Gasteiger partial charge in [-0.2, -0.15) is 0 Å². The lowest BCUT2D eigenvalue weighted by Gasteiger charge is -2.23. The highest BCUT2D eigenvalue weighted by molar-refractivity contribution is 5.79. The van der Waals surface area contributed by atoms with E-state index in [9.17, 15) is 4.79 Å². The minimum atomic E-state index is 0.0854. The maximum absolute atomic E-state index is 12.4. The molecule has 1 heterocycles. The SMILES string of the molecule is CN(Cc1ccc2c(c1)OCCO2)C(=O)C1CCC(N)C1. The Morgan fingerprint density at radius 3 is 2.76 bits per heavy atom. The molecule has 0 aromatic heterocycles. The Labute approximate surface area is 125 Å². The molecule has 2 unspecified atom stereocenters. The van der Waals surface area contributed by atoms with Crippen LogP contribution in [0.2, 0.25) is 0 Å². The molecule has 114 valence electrons. The quantitative estimate of drug-likeness (QED) is 0.917. The van der Waals surface area contributed by atoms with E-state index in [0.717, 1.165) is 36.3 Å². The topological polar surface area (TPSA) is 64.8 Å². The first-order valence-electron chi connectivity index (χ1n) is 7.52. The van der Waals surface area contributed by atoms with Gasteiger partial charge in [0.15, 0.2) is 11.5 Å². The smallest absolute Gasteiger partial charge is 0.225 e. The zero-order valence-electron chi connectivity index (χ0n) is 12.4. The van der Waals surface area contributed by atoms with Gasteiger partial charge in [0, 0.05) is 25.6 Å². The first kappa shape index (κ1) is 14.2. The van der Waals surface area contributed by atoms with Crippen LogP contribution in [0.1, 0.15) is 24.8 Å². The molecular weight excluding hydrogens is 268 g/mol. The van der Waals surface area contributed by atoms with Gasteiger partial charge in [0.05, 0.1) is 0 Å². The summed E-state index contributed by atoms with van der Waals surface area (Å²) < 4.78 is 11.1. The third-order valence-corrected chi connectivity index (χ3v) is 4.22. The molecule has 1 aliphatic heterocycles. The summed E-state index contributed by atoms with van der Waals surface area (Å²) in [6, 6.07) is 6.03. The molecule has 0 radical (unpaired) electrons. The number of hydrogen-bond donors (Lipinski definition) is 1. The molecule has 3 rings (SSSR count). The third-order valence-electron chi connectivity index (χ3n) is 4.22. The fraction of sp³-hybridized carbons (Fsp3) is 0.562. The van der Waals surface area contributed by atoms with E-state index in [-0.39, 0.29) is 17.9 Å². The van der Waals surface area contributed by atoms with Gasteiger partial charge in [-0.1, -0.05) is 6.07 Å². The molecule has 0 saturated heterocycles. The molecule has 1 aromatic rings. The molecule has 2 aliphatic rings. The second kappa shape index (κ2) is 5.93. The molecule has 1 saturated carbocycles. The molecular formula is C16H22N2O3. The second-order valence-corrected chi connectivity index (χ2v) is 5.94. The van der Waals surface area contributed by atoms with Gasteiger partial charge >= 0.3 is 0 Å². The maximum Gasteiger partial charge on any atom is 0.225 e. The van der Waals surface area contributed by atoms with Crippen molar-refractivity contribution >= 4 is 5.91 Å². The summed E-state index contributed by atoms with van der Waals surface area (Å²) in [5, 5.41) is 0. The molecule has 21 heavy (non-hydrogen) atoms. The van der Waals surface area contributed by atoms with Crippen LogP contribution in [-0.2, 0) is 11.3 Å². The molecule has 1 aromatic carbocycles. The first-order chi connectivity index (χ1) is 10.1. The summed E-state index contributed by atoms with van der Waals surface area (Å²) >= 11 is 0. The van der Waals surface area contributed by atoms with Crippen molar-refractivity contribution in [2.75, 3.05) is 20.3 Å². The van der Waals surface area contributed by atoms with Crippen LogP contribution in [0.25, 0.3) is 0 Å². The van der Waals surface area contributed by atoms with Crippen molar-refractivity contribution in [1.29, 1.82) is 0 Å². The molecule has 0 bridgehead atoms. The van der Waals surface area contributed by atoms with Crippen molar-refractivity contribution in [3.05, 3.63) is 23.8 Å². The summed E-state index contributed by atoms with van der Waals surface area (Å²) in [7, 11) is 1.85. The van der Waals surface area contributed by atoms with Crippen LogP contribution < -0.4 is 15.2 Å². The Morgan fingerprint density at radius 2 is 2.05 bits per heavy atom. The van der Waals surface area contributed by atoms with Gasteiger partial charge in [-0.05, 0) is 37.0 Å². The maximum atomic E-state index is 12.4. The summed E-state index contributed by atoms with van der Waals surface area (Å²) in [6.07, 6.45) is 2.67. The van der Waals surface area contributed by atoms with Crippen LogP contribution in [0.15, 0.2) is 18.2 Å². The number of carbonyl (C=O) groups is 1. The number of ether oxygens (including phenoxy) is 2. The van der Waals surface area contributed by atoms with Crippen LogP contribution in [0.3, 0.4) is 0 Å². The zero-order chi connectivity index (χ0) is 14.8. The first-order valence-corrected chi connectivity index (χ1v) is 7.52. The number of carbonyl (C=O) groups excluding carboxylic acids is 1. The number of nitrogens with two attached hydrogens (primary N) is 1. The second-order valence-electron chi connectivity index (χ2n) is 5.94. The predicted molar refractivity (Wildman–Crippen MR) is 79.2 cm³/mol. The Hall–Kier alpha value is -1.75. The van der Waals surface area contributed by atoms with E-state index in [1.165, 1.54) is 0 Å². The molecule has 5 heteroatoms. The summed E-state index contributed by atoms with van der Waals surface area (Å²) in [5.41, 5.74) is 6.94. The average molecular weight is 290 g/mol. The molecule has 1 amide bonds. The Bertz CT molecular complexity index is 532. The molecule has 1 aliphatic carbocycles. The van der Waals surface area contributed by atoms with Gasteiger partial charge in [0.2, 0.25) is 5.91 Å². The largest absolute Gasteiger partial charge is 0.486 e. The van der Waals surface area contributed by atoms with Gasteiger partial charge in [0.1, 0.15) is 13.2 Å². The van der Waals surface area contributed by atoms with Crippen LogP contribution in [0.5, 0.6) is 11.5 Å². The van der Waals surface area contributed by atoms with Crippen molar-refractivity contribution in [3.8, 4) is 11.5 Å². The van der Waals surface area contributed by atoms with E-state index in [0.29, 0.717) is 19.8 Å². The Morgan fingerprint density at radius 1 is 1.29 bits per heavy atom. The van der Waals surface area contributed by atoms with E-state index >= 15 is 0 Å². The van der Waals surface area contributed by atoms with Crippen LogP contribution >= 0.6 is 0 Å². The summed E-state index contributed by atoms with van der Waals surface area (Å²) in [4.78, 5) is 14.2. The van der Waals surface area contributed by atoms with E-state index in [1.807, 2.05) is 25.2 Å². The van der Waals surface area contributed by atoms with Crippen LogP contribution in [0.4, 0.5) is 0 Å². The monoisotopic (exact) mass is 290 g/mol.